The van der Waals surface area contributed by atoms with E-state index in [4.69, 9.17) is 5.73 Å². The first kappa shape index (κ1) is 12.1. The quantitative estimate of drug-likeness (QED) is 0.865. The number of hydrogen-bond acceptors (Lipinski definition) is 1. The summed E-state index contributed by atoms with van der Waals surface area (Å²) in [5, 5.41) is 0. The first-order valence-electron chi connectivity index (χ1n) is 5.50. The van der Waals surface area contributed by atoms with Crippen LogP contribution in [0.2, 0.25) is 0 Å². The molecular weight excluding hydrogens is 231 g/mol. The lowest BCUT2D eigenvalue weighted by Gasteiger charge is -2.21. The van der Waals surface area contributed by atoms with E-state index in [0.29, 0.717) is 5.69 Å². The van der Waals surface area contributed by atoms with Crippen molar-refractivity contribution in [3.8, 4) is 0 Å². The number of nitrogens with two attached hydrogens (primary N) is 1. The zero-order valence-electron chi connectivity index (χ0n) is 9.93. The number of carbonyl (C=O) groups excluding carboxylic acids is 1. The molecule has 0 aromatic heterocycles. The molecule has 0 saturated carbocycles. The summed E-state index contributed by atoms with van der Waals surface area (Å²) in [6.07, 6.45) is 0. The van der Waals surface area contributed by atoms with Crippen molar-refractivity contribution in [2.75, 3.05) is 4.90 Å². The van der Waals surface area contributed by atoms with Crippen LogP contribution in [-0.2, 0) is 0 Å². The summed E-state index contributed by atoms with van der Waals surface area (Å²) in [6.45, 7) is 1.93. The molecule has 0 saturated heterocycles. The Labute approximate surface area is 105 Å². The average Bonchev–Trinajstić information content (AvgIpc) is 2.34. The van der Waals surface area contributed by atoms with E-state index in [-0.39, 0.29) is 5.69 Å². The Hall–Kier alpha value is -2.36. The van der Waals surface area contributed by atoms with Gasteiger partial charge in [-0.3, -0.25) is 4.90 Å². The molecule has 4 heteroatoms. The summed E-state index contributed by atoms with van der Waals surface area (Å²) in [6, 6.07) is 12.4. The van der Waals surface area contributed by atoms with Gasteiger partial charge in [0.05, 0.1) is 11.4 Å². The van der Waals surface area contributed by atoms with E-state index in [0.717, 1.165) is 10.5 Å². The Balaban J connectivity index is 2.50. The number of para-hydroxylation sites is 1. The zero-order valence-corrected chi connectivity index (χ0v) is 9.93. The van der Waals surface area contributed by atoms with Crippen LogP contribution in [0.3, 0.4) is 0 Å². The fraction of sp³-hybridized carbons (Fsp3) is 0.0714. The molecule has 3 nitrogen and oxygen atoms in total. The number of amides is 2. The fourth-order valence-electron chi connectivity index (χ4n) is 1.71. The van der Waals surface area contributed by atoms with Crippen molar-refractivity contribution in [2.24, 2.45) is 5.73 Å². The molecule has 0 fully saturated rings. The summed E-state index contributed by atoms with van der Waals surface area (Å²) < 4.78 is 13.7. The third-order valence-electron chi connectivity index (χ3n) is 2.61. The molecule has 0 spiro atoms. The molecule has 0 unspecified atom stereocenters. The van der Waals surface area contributed by atoms with Crippen molar-refractivity contribution in [3.63, 3.8) is 0 Å². The molecule has 0 aliphatic heterocycles. The van der Waals surface area contributed by atoms with Crippen molar-refractivity contribution in [2.45, 2.75) is 6.92 Å². The molecule has 0 atom stereocenters. The molecule has 0 radical (unpaired) electrons. The summed E-state index contributed by atoms with van der Waals surface area (Å²) >= 11 is 0. The normalized spacial score (nSPS) is 10.1. The van der Waals surface area contributed by atoms with Gasteiger partial charge in [0, 0.05) is 0 Å². The van der Waals surface area contributed by atoms with E-state index in [1.54, 1.807) is 24.3 Å². The number of primary amides is 1. The van der Waals surface area contributed by atoms with Crippen molar-refractivity contribution in [1.82, 2.24) is 0 Å². The van der Waals surface area contributed by atoms with Gasteiger partial charge in [0.1, 0.15) is 5.82 Å². The highest BCUT2D eigenvalue weighted by Crippen LogP contribution is 2.27. The van der Waals surface area contributed by atoms with E-state index in [1.807, 2.05) is 19.1 Å². The van der Waals surface area contributed by atoms with Crippen LogP contribution >= 0.6 is 0 Å². The van der Waals surface area contributed by atoms with Crippen LogP contribution in [0.4, 0.5) is 20.6 Å². The maximum Gasteiger partial charge on any atom is 0.323 e. The van der Waals surface area contributed by atoms with Gasteiger partial charge in [-0.1, -0.05) is 29.8 Å². The van der Waals surface area contributed by atoms with Crippen LogP contribution in [-0.4, -0.2) is 6.03 Å². The van der Waals surface area contributed by atoms with E-state index in [2.05, 4.69) is 0 Å². The smallest absolute Gasteiger partial charge is 0.323 e. The average molecular weight is 244 g/mol. The third kappa shape index (κ3) is 2.32. The van der Waals surface area contributed by atoms with Gasteiger partial charge < -0.3 is 5.73 Å². The molecule has 2 amide bonds. The van der Waals surface area contributed by atoms with Gasteiger partial charge in [0.15, 0.2) is 0 Å². The molecule has 18 heavy (non-hydrogen) atoms. The minimum Gasteiger partial charge on any atom is -0.351 e. The second-order valence-electron chi connectivity index (χ2n) is 3.96. The highest BCUT2D eigenvalue weighted by Gasteiger charge is 2.17. The lowest BCUT2D eigenvalue weighted by molar-refractivity contribution is 0.256. The number of rotatable bonds is 2. The van der Waals surface area contributed by atoms with Gasteiger partial charge in [-0.15, -0.1) is 0 Å². The Morgan fingerprint density at radius 2 is 1.72 bits per heavy atom. The van der Waals surface area contributed by atoms with Crippen molar-refractivity contribution in [1.29, 1.82) is 0 Å². The summed E-state index contributed by atoms with van der Waals surface area (Å²) in [7, 11) is 0. The number of anilines is 2. The minimum atomic E-state index is -0.719. The van der Waals surface area contributed by atoms with Crippen LogP contribution in [0.1, 0.15) is 5.56 Å². The molecule has 2 aromatic rings. The van der Waals surface area contributed by atoms with Gasteiger partial charge in [-0.05, 0) is 31.2 Å². The first-order valence-corrected chi connectivity index (χ1v) is 5.50. The van der Waals surface area contributed by atoms with Crippen molar-refractivity contribution in [3.05, 3.63) is 59.9 Å². The molecule has 92 valence electrons. The number of aryl methyl sites for hydroxylation is 1. The molecule has 2 N–H and O–H groups in total. The van der Waals surface area contributed by atoms with Gasteiger partial charge in [0.25, 0.3) is 0 Å². The lowest BCUT2D eigenvalue weighted by atomic mass is 10.2. The van der Waals surface area contributed by atoms with Crippen molar-refractivity contribution < 1.29 is 9.18 Å². The van der Waals surface area contributed by atoms with Crippen LogP contribution < -0.4 is 10.6 Å². The molecule has 0 heterocycles. The standard InChI is InChI=1S/C14H13FN2O/c1-10-6-8-11(9-7-10)17(14(16)18)13-5-3-2-4-12(13)15/h2-9H,1H3,(H2,16,18). The number of urea groups is 1. The first-order chi connectivity index (χ1) is 8.59. The monoisotopic (exact) mass is 244 g/mol. The largest absolute Gasteiger partial charge is 0.351 e. The van der Waals surface area contributed by atoms with Gasteiger partial charge in [-0.25, -0.2) is 9.18 Å². The highest BCUT2D eigenvalue weighted by atomic mass is 19.1. The predicted octanol–water partition coefficient (Wildman–Crippen LogP) is 3.35. The van der Waals surface area contributed by atoms with Crippen LogP contribution in [0.25, 0.3) is 0 Å². The Bertz CT molecular complexity index is 566. The minimum absolute atomic E-state index is 0.147. The van der Waals surface area contributed by atoms with Gasteiger partial charge in [-0.2, -0.15) is 0 Å². The predicted molar refractivity (Wildman–Crippen MR) is 69.3 cm³/mol. The summed E-state index contributed by atoms with van der Waals surface area (Å²) in [5.41, 5.74) is 7.07. The summed E-state index contributed by atoms with van der Waals surface area (Å²) in [5.74, 6) is -0.489. The third-order valence-corrected chi connectivity index (χ3v) is 2.61. The molecule has 0 aliphatic carbocycles. The van der Waals surface area contributed by atoms with E-state index in [9.17, 15) is 9.18 Å². The number of halogens is 1. The second kappa shape index (κ2) is 4.87. The van der Waals surface area contributed by atoms with Crippen LogP contribution in [0.5, 0.6) is 0 Å². The molecule has 2 rings (SSSR count). The lowest BCUT2D eigenvalue weighted by Crippen LogP contribution is -2.32. The SMILES string of the molecule is Cc1ccc(N(C(N)=O)c2ccccc2F)cc1. The Morgan fingerprint density at radius 3 is 2.28 bits per heavy atom. The molecule has 0 bridgehead atoms. The van der Waals surface area contributed by atoms with E-state index in [1.165, 1.54) is 12.1 Å². The molecule has 0 aliphatic rings. The topological polar surface area (TPSA) is 46.3 Å². The fourth-order valence-corrected chi connectivity index (χ4v) is 1.71. The van der Waals surface area contributed by atoms with Crippen LogP contribution in [0.15, 0.2) is 48.5 Å². The van der Waals surface area contributed by atoms with Crippen LogP contribution in [0, 0.1) is 12.7 Å². The molecular formula is C14H13FN2O. The maximum atomic E-state index is 13.7. The van der Waals surface area contributed by atoms with E-state index < -0.39 is 11.8 Å². The Morgan fingerprint density at radius 1 is 1.11 bits per heavy atom. The van der Waals surface area contributed by atoms with E-state index >= 15 is 0 Å². The number of nitrogens with zero attached hydrogens (tertiary/aromatic N) is 1. The highest BCUT2D eigenvalue weighted by molar-refractivity contribution is 5.98. The van der Waals surface area contributed by atoms with Crippen molar-refractivity contribution >= 4 is 17.4 Å². The number of benzene rings is 2. The zero-order chi connectivity index (χ0) is 13.1. The second-order valence-corrected chi connectivity index (χ2v) is 3.96. The number of hydrogen-bond donors (Lipinski definition) is 1. The molecule has 2 aromatic carbocycles. The van der Waals surface area contributed by atoms with Gasteiger partial charge in [0.2, 0.25) is 0 Å². The Kier molecular flexibility index (Phi) is 3.28. The summed E-state index contributed by atoms with van der Waals surface area (Å²) in [4.78, 5) is 12.7. The number of carbonyl (C=O) groups is 1. The van der Waals surface area contributed by atoms with Gasteiger partial charge >= 0.3 is 6.03 Å². The maximum absolute atomic E-state index is 13.7.